The molecule has 0 aliphatic carbocycles. The molecular weight excluding hydrogens is 423 g/mol. The maximum atomic E-state index is 14.8. The number of amides is 1. The molecule has 2 aromatic rings. The second kappa shape index (κ2) is 7.56. The summed E-state index contributed by atoms with van der Waals surface area (Å²) in [5, 5.41) is 2.48. The monoisotopic (exact) mass is 440 g/mol. The summed E-state index contributed by atoms with van der Waals surface area (Å²) in [5.74, 6) is -3.19. The average molecular weight is 440 g/mol. The Morgan fingerprint density at radius 2 is 2.00 bits per heavy atom. The van der Waals surface area contributed by atoms with Crippen molar-refractivity contribution < 1.29 is 31.5 Å². The lowest BCUT2D eigenvalue weighted by atomic mass is 9.73. The number of aromatic nitrogens is 1. The number of hydrogen-bond donors (Lipinski definition) is 2. The standard InChI is InChI=1S/C20H17F5N4O2/c21-10-1-5-15(27-8-10)18(30)28-11-2-4-14(22)13(7-11)19-9-31-17(20(23,24)25)12(19)3-6-16(26)29-19/h1-2,4-5,7-8,12,17H,3,6,9H2,(H2,26,29)(H,28,30)/t12-,17+,19+/m1/s1. The minimum Gasteiger partial charge on any atom is -0.387 e. The number of nitrogens with two attached hydrogens (primary N) is 1. The first-order valence-electron chi connectivity index (χ1n) is 9.35. The van der Waals surface area contributed by atoms with Crippen molar-refractivity contribution in [2.45, 2.75) is 30.7 Å². The zero-order chi connectivity index (χ0) is 22.4. The van der Waals surface area contributed by atoms with Crippen LogP contribution in [0.3, 0.4) is 0 Å². The van der Waals surface area contributed by atoms with Gasteiger partial charge in [0.15, 0.2) is 6.10 Å². The number of nitrogens with zero attached hydrogens (tertiary/aromatic N) is 2. The molecule has 2 aliphatic rings. The van der Waals surface area contributed by atoms with Crippen LogP contribution in [0.15, 0.2) is 41.5 Å². The van der Waals surface area contributed by atoms with E-state index in [2.05, 4.69) is 15.3 Å². The van der Waals surface area contributed by atoms with E-state index in [0.717, 1.165) is 24.4 Å². The number of aliphatic imine (C=N–C) groups is 1. The summed E-state index contributed by atoms with van der Waals surface area (Å²) in [6, 6.07) is 5.70. The van der Waals surface area contributed by atoms with Crippen LogP contribution >= 0.6 is 0 Å². The molecule has 31 heavy (non-hydrogen) atoms. The summed E-state index contributed by atoms with van der Waals surface area (Å²) in [6.45, 7) is -0.504. The second-order valence-electron chi connectivity index (χ2n) is 7.46. The number of hydrogen-bond acceptors (Lipinski definition) is 5. The molecule has 0 spiro atoms. The number of fused-ring (bicyclic) bond motifs is 1. The van der Waals surface area contributed by atoms with Gasteiger partial charge in [0.2, 0.25) is 0 Å². The Morgan fingerprint density at radius 1 is 1.23 bits per heavy atom. The number of benzene rings is 1. The fraction of sp³-hybridized carbons (Fsp3) is 0.350. The van der Waals surface area contributed by atoms with Gasteiger partial charge in [-0.1, -0.05) is 0 Å². The van der Waals surface area contributed by atoms with E-state index in [4.69, 9.17) is 10.5 Å². The van der Waals surface area contributed by atoms with Crippen molar-refractivity contribution >= 4 is 17.4 Å². The van der Waals surface area contributed by atoms with Crippen molar-refractivity contribution in [2.24, 2.45) is 16.6 Å². The summed E-state index contributed by atoms with van der Waals surface area (Å²) in [5.41, 5.74) is 4.00. The largest absolute Gasteiger partial charge is 0.414 e. The first kappa shape index (κ1) is 21.2. The Bertz CT molecular complexity index is 1040. The van der Waals surface area contributed by atoms with E-state index in [1.165, 1.54) is 12.1 Å². The normalized spacial score (nSPS) is 25.6. The highest BCUT2D eigenvalue weighted by molar-refractivity contribution is 6.02. The molecule has 11 heteroatoms. The molecule has 0 saturated carbocycles. The lowest BCUT2D eigenvalue weighted by Crippen LogP contribution is -2.45. The van der Waals surface area contributed by atoms with Crippen LogP contribution < -0.4 is 11.1 Å². The fourth-order valence-electron chi connectivity index (χ4n) is 4.11. The molecule has 2 aliphatic heterocycles. The highest BCUT2D eigenvalue weighted by atomic mass is 19.4. The van der Waals surface area contributed by atoms with Gasteiger partial charge in [-0.3, -0.25) is 9.79 Å². The Labute approximate surface area is 173 Å². The van der Waals surface area contributed by atoms with E-state index in [-0.39, 0.29) is 35.6 Å². The van der Waals surface area contributed by atoms with Gasteiger partial charge >= 0.3 is 6.18 Å². The predicted molar refractivity (Wildman–Crippen MR) is 100 cm³/mol. The highest BCUT2D eigenvalue weighted by Gasteiger charge is 2.61. The lowest BCUT2D eigenvalue weighted by molar-refractivity contribution is -0.217. The molecule has 3 heterocycles. The van der Waals surface area contributed by atoms with Crippen LogP contribution in [-0.4, -0.2) is 35.6 Å². The molecule has 164 valence electrons. The van der Waals surface area contributed by atoms with Crippen molar-refractivity contribution in [3.63, 3.8) is 0 Å². The molecule has 4 rings (SSSR count). The van der Waals surface area contributed by atoms with E-state index in [1.54, 1.807) is 0 Å². The molecule has 1 amide bonds. The van der Waals surface area contributed by atoms with Gasteiger partial charge in [-0.05, 0) is 36.8 Å². The number of pyridine rings is 1. The fourth-order valence-corrected chi connectivity index (χ4v) is 4.11. The molecule has 3 atom stereocenters. The predicted octanol–water partition coefficient (Wildman–Crippen LogP) is 3.54. The Morgan fingerprint density at radius 3 is 2.68 bits per heavy atom. The maximum absolute atomic E-state index is 14.8. The number of ether oxygens (including phenoxy) is 1. The van der Waals surface area contributed by atoms with Crippen LogP contribution in [0, 0.1) is 17.6 Å². The summed E-state index contributed by atoms with van der Waals surface area (Å²) >= 11 is 0. The van der Waals surface area contributed by atoms with E-state index < -0.39 is 47.9 Å². The van der Waals surface area contributed by atoms with Crippen molar-refractivity contribution in [1.82, 2.24) is 4.98 Å². The lowest BCUT2D eigenvalue weighted by Gasteiger charge is -2.36. The first-order chi connectivity index (χ1) is 14.6. The number of halogens is 5. The van der Waals surface area contributed by atoms with Crippen LogP contribution in [0.25, 0.3) is 0 Å². The molecule has 1 aromatic heterocycles. The molecule has 1 aromatic carbocycles. The summed E-state index contributed by atoms with van der Waals surface area (Å²) in [4.78, 5) is 20.2. The SMILES string of the molecule is NC1=N[C@@]2(c3cc(NC(=O)c4ccc(F)cn4)ccc3F)CO[C@H](C(F)(F)F)[C@H]2CC1. The molecule has 1 fully saturated rings. The maximum Gasteiger partial charge on any atom is 0.414 e. The van der Waals surface area contributed by atoms with E-state index in [1.807, 2.05) is 0 Å². The number of nitrogens with one attached hydrogen (secondary N) is 1. The number of anilines is 1. The summed E-state index contributed by atoms with van der Waals surface area (Å²) in [6.07, 6.45) is -5.73. The van der Waals surface area contributed by atoms with Crippen LogP contribution in [-0.2, 0) is 10.3 Å². The van der Waals surface area contributed by atoms with Gasteiger partial charge in [0.1, 0.15) is 22.9 Å². The van der Waals surface area contributed by atoms with Crippen LogP contribution in [0.4, 0.5) is 27.6 Å². The Hall–Kier alpha value is -3.08. The van der Waals surface area contributed by atoms with Crippen LogP contribution in [0.1, 0.15) is 28.9 Å². The van der Waals surface area contributed by atoms with Crippen molar-refractivity contribution in [3.05, 3.63) is 59.4 Å². The Balaban J connectivity index is 1.71. The topological polar surface area (TPSA) is 89.6 Å². The van der Waals surface area contributed by atoms with E-state index in [9.17, 15) is 26.7 Å². The van der Waals surface area contributed by atoms with Crippen molar-refractivity contribution in [3.8, 4) is 0 Å². The smallest absolute Gasteiger partial charge is 0.387 e. The number of carbonyl (C=O) groups is 1. The molecule has 0 radical (unpaired) electrons. The quantitative estimate of drug-likeness (QED) is 0.715. The van der Waals surface area contributed by atoms with E-state index >= 15 is 0 Å². The zero-order valence-corrected chi connectivity index (χ0v) is 15.9. The minimum atomic E-state index is -4.65. The molecule has 0 unspecified atom stereocenters. The minimum absolute atomic E-state index is 0.0229. The van der Waals surface area contributed by atoms with Gasteiger partial charge < -0.3 is 15.8 Å². The molecule has 6 nitrogen and oxygen atoms in total. The van der Waals surface area contributed by atoms with Gasteiger partial charge in [0.25, 0.3) is 5.91 Å². The Kier molecular flexibility index (Phi) is 5.16. The molecule has 1 saturated heterocycles. The highest BCUT2D eigenvalue weighted by Crippen LogP contribution is 2.52. The second-order valence-corrected chi connectivity index (χ2v) is 7.46. The average Bonchev–Trinajstić information content (AvgIpc) is 3.09. The molecule has 0 bridgehead atoms. The van der Waals surface area contributed by atoms with Gasteiger partial charge in [0.05, 0.1) is 18.6 Å². The molecular formula is C20H17F5N4O2. The van der Waals surface area contributed by atoms with Crippen molar-refractivity contribution in [2.75, 3.05) is 11.9 Å². The van der Waals surface area contributed by atoms with Gasteiger partial charge in [-0.2, -0.15) is 13.2 Å². The third kappa shape index (κ3) is 3.85. The number of rotatable bonds is 3. The van der Waals surface area contributed by atoms with Crippen molar-refractivity contribution in [1.29, 1.82) is 0 Å². The third-order valence-electron chi connectivity index (χ3n) is 5.49. The number of amidine groups is 1. The zero-order valence-electron chi connectivity index (χ0n) is 15.9. The van der Waals surface area contributed by atoms with Gasteiger partial charge in [-0.25, -0.2) is 13.8 Å². The number of carbonyl (C=O) groups excluding carboxylic acids is 1. The summed E-state index contributed by atoms with van der Waals surface area (Å²) in [7, 11) is 0. The van der Waals surface area contributed by atoms with Crippen LogP contribution in [0.2, 0.25) is 0 Å². The van der Waals surface area contributed by atoms with Gasteiger partial charge in [-0.15, -0.1) is 0 Å². The molecule has 3 N–H and O–H groups in total. The first-order valence-corrected chi connectivity index (χ1v) is 9.35. The van der Waals surface area contributed by atoms with Crippen LogP contribution in [0.5, 0.6) is 0 Å². The number of alkyl halides is 3. The van der Waals surface area contributed by atoms with Gasteiger partial charge in [0, 0.05) is 23.6 Å². The third-order valence-corrected chi connectivity index (χ3v) is 5.49. The summed E-state index contributed by atoms with van der Waals surface area (Å²) < 4.78 is 73.3. The van der Waals surface area contributed by atoms with E-state index in [0.29, 0.717) is 0 Å².